The Bertz CT molecular complexity index is 1030. The second-order valence-corrected chi connectivity index (χ2v) is 5.79. The third-order valence-electron chi connectivity index (χ3n) is 3.94. The van der Waals surface area contributed by atoms with Gasteiger partial charge in [0, 0.05) is 16.8 Å². The lowest BCUT2D eigenvalue weighted by atomic mass is 10.1. The Morgan fingerprint density at radius 1 is 1.08 bits per heavy atom. The Morgan fingerprint density at radius 2 is 1.92 bits per heavy atom. The molecule has 1 N–H and O–H groups in total. The summed E-state index contributed by atoms with van der Waals surface area (Å²) in [5, 5.41) is 12.4. The average Bonchev–Trinajstić information content (AvgIpc) is 3.10. The minimum absolute atomic E-state index is 0.320. The molecule has 2 aromatic heterocycles. The molecule has 0 aliphatic rings. The van der Waals surface area contributed by atoms with Crippen LogP contribution in [-0.2, 0) is 6.54 Å². The van der Waals surface area contributed by atoms with Crippen LogP contribution in [0.4, 0.5) is 10.1 Å². The van der Waals surface area contributed by atoms with Gasteiger partial charge in [0.2, 0.25) is 0 Å². The first-order valence-electron chi connectivity index (χ1n) is 7.97. The number of nitrogens with zero attached hydrogens (tertiary/aromatic N) is 4. The van der Waals surface area contributed by atoms with E-state index in [4.69, 9.17) is 0 Å². The lowest BCUT2D eigenvalue weighted by Crippen LogP contribution is -2.02. The van der Waals surface area contributed by atoms with E-state index in [2.05, 4.69) is 20.6 Å². The molecular weight excluding hydrogens is 317 g/mol. The van der Waals surface area contributed by atoms with Gasteiger partial charge in [-0.15, -0.1) is 5.10 Å². The summed E-state index contributed by atoms with van der Waals surface area (Å²) in [6.07, 6.45) is 1.87. The highest BCUT2D eigenvalue weighted by Crippen LogP contribution is 2.25. The Hall–Kier alpha value is -3.28. The van der Waals surface area contributed by atoms with Crippen molar-refractivity contribution in [2.24, 2.45) is 0 Å². The molecule has 25 heavy (non-hydrogen) atoms. The van der Waals surface area contributed by atoms with Crippen molar-refractivity contribution in [1.82, 2.24) is 20.0 Å². The van der Waals surface area contributed by atoms with Crippen LogP contribution in [0.3, 0.4) is 0 Å². The van der Waals surface area contributed by atoms with Crippen LogP contribution in [-0.4, -0.2) is 20.0 Å². The summed E-state index contributed by atoms with van der Waals surface area (Å²) >= 11 is 0. The molecule has 0 aliphatic carbocycles. The fraction of sp³-hybridized carbons (Fsp3) is 0.105. The van der Waals surface area contributed by atoms with E-state index in [0.29, 0.717) is 12.1 Å². The third kappa shape index (κ3) is 3.06. The molecule has 0 saturated carbocycles. The van der Waals surface area contributed by atoms with Gasteiger partial charge in [-0.2, -0.15) is 0 Å². The first-order valence-corrected chi connectivity index (χ1v) is 7.97. The zero-order valence-corrected chi connectivity index (χ0v) is 13.6. The van der Waals surface area contributed by atoms with Crippen LogP contribution in [0.1, 0.15) is 11.4 Å². The maximum atomic E-state index is 14.0. The van der Waals surface area contributed by atoms with E-state index in [0.717, 1.165) is 28.1 Å². The second-order valence-electron chi connectivity index (χ2n) is 5.79. The Balaban J connectivity index is 1.59. The highest BCUT2D eigenvalue weighted by atomic mass is 19.1. The van der Waals surface area contributed by atoms with Gasteiger partial charge >= 0.3 is 0 Å². The standard InChI is InChI=1S/C19H16FN5/c1-13-10-18(16-8-5-9-17(20)19(16)22-13)21-11-14-12-25(24-23-14)15-6-3-2-4-7-15/h2-10,12H,11H2,1H3,(H,21,22). The summed E-state index contributed by atoms with van der Waals surface area (Å²) in [7, 11) is 0. The van der Waals surface area contributed by atoms with E-state index in [1.807, 2.05) is 55.6 Å². The molecule has 0 aliphatic heterocycles. The normalized spacial score (nSPS) is 11.0. The Kier molecular flexibility index (Phi) is 3.85. The third-order valence-corrected chi connectivity index (χ3v) is 3.94. The van der Waals surface area contributed by atoms with E-state index in [1.165, 1.54) is 6.07 Å². The topological polar surface area (TPSA) is 55.6 Å². The first-order chi connectivity index (χ1) is 12.2. The molecule has 0 unspecified atom stereocenters. The largest absolute Gasteiger partial charge is 0.379 e. The minimum atomic E-state index is -0.320. The van der Waals surface area contributed by atoms with Gasteiger partial charge in [0.05, 0.1) is 18.4 Å². The van der Waals surface area contributed by atoms with Gasteiger partial charge in [-0.1, -0.05) is 35.5 Å². The Labute approximate surface area is 144 Å². The number of benzene rings is 2. The van der Waals surface area contributed by atoms with E-state index in [-0.39, 0.29) is 5.82 Å². The molecular formula is C19H16FN5. The lowest BCUT2D eigenvalue weighted by molar-refractivity contribution is 0.636. The smallest absolute Gasteiger partial charge is 0.149 e. The number of pyridine rings is 1. The molecule has 4 aromatic rings. The number of fused-ring (bicyclic) bond motifs is 1. The predicted molar refractivity (Wildman–Crippen MR) is 95.1 cm³/mol. The van der Waals surface area contributed by atoms with Crippen LogP contribution < -0.4 is 5.32 Å². The first kappa shape index (κ1) is 15.3. The number of hydrogen-bond acceptors (Lipinski definition) is 4. The molecule has 5 nitrogen and oxygen atoms in total. The van der Waals surface area contributed by atoms with Crippen molar-refractivity contribution < 1.29 is 4.39 Å². The maximum absolute atomic E-state index is 14.0. The number of hydrogen-bond donors (Lipinski definition) is 1. The van der Waals surface area contributed by atoms with E-state index in [9.17, 15) is 4.39 Å². The summed E-state index contributed by atoms with van der Waals surface area (Å²) in [4.78, 5) is 4.29. The molecule has 4 rings (SSSR count). The monoisotopic (exact) mass is 333 g/mol. The van der Waals surface area contributed by atoms with Gasteiger partial charge in [0.1, 0.15) is 17.0 Å². The quantitative estimate of drug-likeness (QED) is 0.616. The zero-order chi connectivity index (χ0) is 17.2. The van der Waals surface area contributed by atoms with Gasteiger partial charge < -0.3 is 5.32 Å². The van der Waals surface area contributed by atoms with Gasteiger partial charge in [0.25, 0.3) is 0 Å². The number of anilines is 1. The summed E-state index contributed by atoms with van der Waals surface area (Å²) in [5.74, 6) is -0.320. The van der Waals surface area contributed by atoms with Crippen molar-refractivity contribution in [3.63, 3.8) is 0 Å². The molecule has 2 aromatic carbocycles. The van der Waals surface area contributed by atoms with E-state index < -0.39 is 0 Å². The summed E-state index contributed by atoms with van der Waals surface area (Å²) in [6, 6.07) is 16.7. The number of para-hydroxylation sites is 2. The Morgan fingerprint density at radius 3 is 2.76 bits per heavy atom. The molecule has 0 spiro atoms. The van der Waals surface area contributed by atoms with E-state index in [1.54, 1.807) is 10.7 Å². The number of aryl methyl sites for hydroxylation is 1. The molecule has 0 bridgehead atoms. The van der Waals surface area contributed by atoms with Crippen molar-refractivity contribution in [1.29, 1.82) is 0 Å². The van der Waals surface area contributed by atoms with E-state index >= 15 is 0 Å². The number of nitrogens with one attached hydrogen (secondary N) is 1. The zero-order valence-electron chi connectivity index (χ0n) is 13.6. The second kappa shape index (κ2) is 6.32. The maximum Gasteiger partial charge on any atom is 0.149 e. The van der Waals surface area contributed by atoms with Crippen LogP contribution in [0.25, 0.3) is 16.6 Å². The molecule has 2 heterocycles. The highest BCUT2D eigenvalue weighted by molar-refractivity contribution is 5.91. The molecule has 0 atom stereocenters. The van der Waals surface area contributed by atoms with Crippen LogP contribution in [0.15, 0.2) is 60.8 Å². The van der Waals surface area contributed by atoms with Gasteiger partial charge in [-0.05, 0) is 31.2 Å². The van der Waals surface area contributed by atoms with Gasteiger partial charge in [-0.3, -0.25) is 0 Å². The van der Waals surface area contributed by atoms with Crippen LogP contribution in [0.2, 0.25) is 0 Å². The average molecular weight is 333 g/mol. The van der Waals surface area contributed by atoms with Crippen LogP contribution in [0, 0.1) is 12.7 Å². The van der Waals surface area contributed by atoms with Crippen molar-refractivity contribution in [2.75, 3.05) is 5.32 Å². The molecule has 0 fully saturated rings. The molecule has 124 valence electrons. The van der Waals surface area contributed by atoms with Gasteiger partial charge in [0.15, 0.2) is 0 Å². The fourth-order valence-electron chi connectivity index (χ4n) is 2.76. The van der Waals surface area contributed by atoms with Crippen LogP contribution in [0.5, 0.6) is 0 Å². The number of aromatic nitrogens is 4. The van der Waals surface area contributed by atoms with Crippen molar-refractivity contribution in [3.8, 4) is 5.69 Å². The number of rotatable bonds is 4. The summed E-state index contributed by atoms with van der Waals surface area (Å²) in [6.45, 7) is 2.34. The summed E-state index contributed by atoms with van der Waals surface area (Å²) < 4.78 is 15.7. The minimum Gasteiger partial charge on any atom is -0.379 e. The molecule has 6 heteroatoms. The number of halogens is 1. The molecule has 0 amide bonds. The fourth-order valence-corrected chi connectivity index (χ4v) is 2.76. The predicted octanol–water partition coefficient (Wildman–Crippen LogP) is 3.88. The van der Waals surface area contributed by atoms with Crippen molar-refractivity contribution in [3.05, 3.63) is 78.0 Å². The lowest BCUT2D eigenvalue weighted by Gasteiger charge is -2.10. The molecule has 0 saturated heterocycles. The van der Waals surface area contributed by atoms with Gasteiger partial charge in [-0.25, -0.2) is 14.1 Å². The highest BCUT2D eigenvalue weighted by Gasteiger charge is 2.09. The molecule has 0 radical (unpaired) electrons. The van der Waals surface area contributed by atoms with Crippen molar-refractivity contribution in [2.45, 2.75) is 13.5 Å². The van der Waals surface area contributed by atoms with Crippen molar-refractivity contribution >= 4 is 16.6 Å². The van der Waals surface area contributed by atoms with Crippen LogP contribution >= 0.6 is 0 Å². The SMILES string of the molecule is Cc1cc(NCc2cn(-c3ccccc3)nn2)c2cccc(F)c2n1. The summed E-state index contributed by atoms with van der Waals surface area (Å²) in [5.41, 5.74) is 3.71.